The fraction of sp³-hybridized carbons (Fsp3) is 0.292. The van der Waals surface area contributed by atoms with Crippen molar-refractivity contribution in [2.45, 2.75) is 0 Å². The number of piperazine rings is 1. The summed E-state index contributed by atoms with van der Waals surface area (Å²) in [5.74, 6) is -1.04. The van der Waals surface area contributed by atoms with Crippen LogP contribution in [0.25, 0.3) is 33.4 Å². The molecule has 0 amide bonds. The van der Waals surface area contributed by atoms with Crippen LogP contribution in [-0.2, 0) is 0 Å². The topological polar surface area (TPSA) is 79.4 Å². The van der Waals surface area contributed by atoms with E-state index in [9.17, 15) is 8.78 Å². The van der Waals surface area contributed by atoms with Gasteiger partial charge in [-0.2, -0.15) is 5.10 Å². The second-order valence-electron chi connectivity index (χ2n) is 8.17. The summed E-state index contributed by atoms with van der Waals surface area (Å²) in [4.78, 5) is 13.5. The maximum absolute atomic E-state index is 14.9. The minimum atomic E-state index is -0.851. The minimum absolute atomic E-state index is 0.0958. The zero-order valence-corrected chi connectivity index (χ0v) is 19.1. The van der Waals surface area contributed by atoms with E-state index in [0.29, 0.717) is 16.6 Å². The molecule has 1 fully saturated rings. The Labute approximate surface area is 195 Å². The first kappa shape index (κ1) is 22.0. The molecular weight excluding hydrogens is 442 g/mol. The van der Waals surface area contributed by atoms with Crippen LogP contribution in [0.15, 0.2) is 36.7 Å². The van der Waals surface area contributed by atoms with E-state index in [1.54, 1.807) is 18.5 Å². The molecule has 1 aliphatic rings. The van der Waals surface area contributed by atoms with Crippen LogP contribution in [0.4, 0.5) is 14.6 Å². The van der Waals surface area contributed by atoms with Gasteiger partial charge >= 0.3 is 0 Å². The number of nitrogens with zero attached hydrogens (tertiary/aromatic N) is 5. The summed E-state index contributed by atoms with van der Waals surface area (Å²) < 4.78 is 39.9. The van der Waals surface area contributed by atoms with E-state index in [1.165, 1.54) is 20.3 Å². The zero-order chi connectivity index (χ0) is 23.8. The van der Waals surface area contributed by atoms with Crippen LogP contribution in [0.5, 0.6) is 11.5 Å². The van der Waals surface area contributed by atoms with Crippen molar-refractivity contribution in [3.05, 3.63) is 48.3 Å². The normalized spacial score (nSPS) is 14.6. The number of aromatic amines is 1. The summed E-state index contributed by atoms with van der Waals surface area (Å²) in [6.07, 6.45) is 3.33. The Morgan fingerprint density at radius 2 is 1.62 bits per heavy atom. The number of halogens is 2. The van der Waals surface area contributed by atoms with Crippen LogP contribution in [-0.4, -0.2) is 72.5 Å². The number of hydrogen-bond donors (Lipinski definition) is 1. The number of H-pyrrole nitrogens is 1. The van der Waals surface area contributed by atoms with E-state index in [0.717, 1.165) is 37.6 Å². The van der Waals surface area contributed by atoms with Crippen molar-refractivity contribution in [3.63, 3.8) is 0 Å². The molecule has 5 rings (SSSR count). The number of likely N-dealkylation sites (N-methyl/N-ethyl adjacent to an activating group) is 1. The number of rotatable bonds is 5. The molecule has 3 aromatic heterocycles. The maximum atomic E-state index is 14.9. The van der Waals surface area contributed by atoms with Gasteiger partial charge in [-0.3, -0.25) is 10.1 Å². The van der Waals surface area contributed by atoms with Gasteiger partial charge in [0.05, 0.1) is 31.0 Å². The van der Waals surface area contributed by atoms with Crippen LogP contribution in [0.2, 0.25) is 0 Å². The fourth-order valence-electron chi connectivity index (χ4n) is 4.13. The Balaban J connectivity index is 1.49. The van der Waals surface area contributed by atoms with E-state index < -0.39 is 11.6 Å². The van der Waals surface area contributed by atoms with Crippen molar-refractivity contribution in [2.24, 2.45) is 0 Å². The number of aromatic nitrogens is 4. The quantitative estimate of drug-likeness (QED) is 0.480. The second-order valence-corrected chi connectivity index (χ2v) is 8.17. The lowest BCUT2D eigenvalue weighted by Crippen LogP contribution is -2.44. The van der Waals surface area contributed by atoms with Gasteiger partial charge in [-0.1, -0.05) is 0 Å². The van der Waals surface area contributed by atoms with Gasteiger partial charge in [0.1, 0.15) is 11.5 Å². The highest BCUT2D eigenvalue weighted by Gasteiger charge is 2.23. The van der Waals surface area contributed by atoms with Gasteiger partial charge in [-0.25, -0.2) is 13.8 Å². The molecule has 8 nitrogen and oxygen atoms in total. The number of nitrogens with one attached hydrogen (secondary N) is 1. The van der Waals surface area contributed by atoms with Crippen molar-refractivity contribution < 1.29 is 18.3 Å². The summed E-state index contributed by atoms with van der Waals surface area (Å²) in [6, 6.07) is 6.67. The lowest BCUT2D eigenvalue weighted by Gasteiger charge is -2.33. The lowest BCUT2D eigenvalue weighted by atomic mass is 10.1. The van der Waals surface area contributed by atoms with Gasteiger partial charge < -0.3 is 19.3 Å². The van der Waals surface area contributed by atoms with E-state index in [1.807, 2.05) is 12.1 Å². The van der Waals surface area contributed by atoms with Crippen LogP contribution < -0.4 is 14.4 Å². The zero-order valence-electron chi connectivity index (χ0n) is 19.1. The summed E-state index contributed by atoms with van der Waals surface area (Å²) in [5.41, 5.74) is 1.84. The Kier molecular flexibility index (Phi) is 5.74. The third-order valence-corrected chi connectivity index (χ3v) is 6.13. The Hall–Kier alpha value is -3.79. The Bertz CT molecular complexity index is 1310. The largest absolute Gasteiger partial charge is 0.494 e. The number of benzene rings is 1. The van der Waals surface area contributed by atoms with Crippen molar-refractivity contribution >= 4 is 16.7 Å². The number of anilines is 1. The third kappa shape index (κ3) is 3.79. The lowest BCUT2D eigenvalue weighted by molar-refractivity contribution is 0.312. The monoisotopic (exact) mass is 466 g/mol. The summed E-state index contributed by atoms with van der Waals surface area (Å²) in [6.45, 7) is 3.87. The molecule has 0 atom stereocenters. The Morgan fingerprint density at radius 1 is 0.912 bits per heavy atom. The molecule has 176 valence electrons. The summed E-state index contributed by atoms with van der Waals surface area (Å²) >= 11 is 0. The van der Waals surface area contributed by atoms with Crippen LogP contribution >= 0.6 is 0 Å². The maximum Gasteiger partial charge on any atom is 0.177 e. The minimum Gasteiger partial charge on any atom is -0.494 e. The van der Waals surface area contributed by atoms with Gasteiger partial charge in [0, 0.05) is 55.6 Å². The van der Waals surface area contributed by atoms with Crippen LogP contribution in [0.3, 0.4) is 0 Å². The number of hydrogen-bond acceptors (Lipinski definition) is 7. The third-order valence-electron chi connectivity index (χ3n) is 6.13. The molecule has 0 saturated carbocycles. The highest BCUT2D eigenvalue weighted by Crippen LogP contribution is 2.38. The van der Waals surface area contributed by atoms with Crippen molar-refractivity contribution in [2.75, 3.05) is 52.3 Å². The second kappa shape index (κ2) is 8.86. The van der Waals surface area contributed by atoms with Gasteiger partial charge in [0.15, 0.2) is 23.1 Å². The molecule has 1 aliphatic heterocycles. The van der Waals surface area contributed by atoms with Gasteiger partial charge in [-0.15, -0.1) is 0 Å². The van der Waals surface area contributed by atoms with E-state index in [-0.39, 0.29) is 22.8 Å². The molecule has 0 aliphatic carbocycles. The smallest absolute Gasteiger partial charge is 0.177 e. The van der Waals surface area contributed by atoms with Crippen molar-refractivity contribution in [3.8, 4) is 34.0 Å². The molecular formula is C24H24F2N6O2. The predicted octanol–water partition coefficient (Wildman–Crippen LogP) is 3.73. The van der Waals surface area contributed by atoms with Crippen molar-refractivity contribution in [1.82, 2.24) is 25.1 Å². The molecule has 4 heterocycles. The summed E-state index contributed by atoms with van der Waals surface area (Å²) in [7, 11) is 4.73. The average Bonchev–Trinajstić information content (AvgIpc) is 3.28. The van der Waals surface area contributed by atoms with E-state index >= 15 is 0 Å². The SMILES string of the molecule is COc1cc(OC)c(F)c(-c2cc3[nH]nc(-c4ccc(N5CCN(C)CC5)nc4)c3cn2)c1F. The fourth-order valence-corrected chi connectivity index (χ4v) is 4.13. The first-order valence-electron chi connectivity index (χ1n) is 10.8. The number of ether oxygens (including phenoxy) is 2. The molecule has 0 spiro atoms. The molecule has 1 N–H and O–H groups in total. The molecule has 4 aromatic rings. The van der Waals surface area contributed by atoms with Gasteiger partial charge in [-0.05, 0) is 25.2 Å². The van der Waals surface area contributed by atoms with Crippen LogP contribution in [0.1, 0.15) is 0 Å². The number of pyridine rings is 2. The van der Waals surface area contributed by atoms with Gasteiger partial charge in [0.2, 0.25) is 0 Å². The first-order chi connectivity index (χ1) is 16.5. The average molecular weight is 466 g/mol. The molecule has 0 bridgehead atoms. The number of methoxy groups -OCH3 is 2. The summed E-state index contributed by atoms with van der Waals surface area (Å²) in [5, 5.41) is 8.05. The van der Waals surface area contributed by atoms with E-state index in [2.05, 4.69) is 37.0 Å². The van der Waals surface area contributed by atoms with Crippen LogP contribution in [0, 0.1) is 11.6 Å². The van der Waals surface area contributed by atoms with Gasteiger partial charge in [0.25, 0.3) is 0 Å². The first-order valence-corrected chi connectivity index (χ1v) is 10.8. The molecule has 0 unspecified atom stereocenters. The molecule has 1 saturated heterocycles. The molecule has 0 radical (unpaired) electrons. The number of fused-ring (bicyclic) bond motifs is 1. The molecule has 34 heavy (non-hydrogen) atoms. The predicted molar refractivity (Wildman–Crippen MR) is 125 cm³/mol. The highest BCUT2D eigenvalue weighted by molar-refractivity contribution is 5.94. The van der Waals surface area contributed by atoms with E-state index in [4.69, 9.17) is 9.47 Å². The Morgan fingerprint density at radius 3 is 2.24 bits per heavy atom. The molecule has 10 heteroatoms. The standard InChI is InChI=1S/C24H24F2N6O2/c1-31-6-8-32(9-7-31)20-5-4-14(12-28-20)24-15-13-27-17(10-16(15)29-30-24)21-22(25)18(33-2)11-19(34-3)23(21)26/h4-5,10-13H,6-9H2,1-3H3,(H,29,30). The highest BCUT2D eigenvalue weighted by atomic mass is 19.1. The van der Waals surface area contributed by atoms with Crippen molar-refractivity contribution in [1.29, 1.82) is 0 Å². The molecule has 1 aromatic carbocycles.